The van der Waals surface area contributed by atoms with E-state index in [1.54, 1.807) is 23.9 Å². The lowest BCUT2D eigenvalue weighted by Crippen LogP contribution is -2.32. The molecule has 2 aromatic heterocycles. The minimum Gasteiger partial charge on any atom is -0.478 e. The minimum absolute atomic E-state index is 0.508. The molecule has 0 aromatic carbocycles. The molecule has 2 aromatic rings. The van der Waals surface area contributed by atoms with Crippen LogP contribution in [0.2, 0.25) is 0 Å². The molecule has 1 aliphatic rings. The lowest BCUT2D eigenvalue weighted by atomic mass is 10.0. The normalized spacial score (nSPS) is 16.3. The van der Waals surface area contributed by atoms with Crippen LogP contribution in [0.25, 0.3) is 5.57 Å². The fraction of sp³-hybridized carbons (Fsp3) is 0.278. The van der Waals surface area contributed by atoms with Gasteiger partial charge >= 0.3 is 5.97 Å². The molecule has 0 amide bonds. The molecular formula is C18H19NO3S. The maximum Gasteiger partial charge on any atom is 0.332 e. The Hall–Kier alpha value is -2.11. The number of carboxylic acids is 1. The number of hydrogen-bond acceptors (Lipinski definition) is 4. The smallest absolute Gasteiger partial charge is 0.332 e. The van der Waals surface area contributed by atoms with E-state index in [9.17, 15) is 4.79 Å². The van der Waals surface area contributed by atoms with Crippen LogP contribution in [0.3, 0.4) is 0 Å². The second kappa shape index (κ2) is 7.44. The molecule has 0 bridgehead atoms. The fourth-order valence-corrected chi connectivity index (χ4v) is 3.44. The number of nitrogens with zero attached hydrogens (tertiary/aromatic N) is 1. The fourth-order valence-electron chi connectivity index (χ4n) is 2.78. The first kappa shape index (κ1) is 15.8. The number of aliphatic carboxylic acids is 1. The van der Waals surface area contributed by atoms with Crippen LogP contribution in [0, 0.1) is 0 Å². The van der Waals surface area contributed by atoms with Gasteiger partial charge in [0.25, 0.3) is 0 Å². The third-order valence-electron chi connectivity index (χ3n) is 3.96. The Balaban J connectivity index is 1.66. The summed E-state index contributed by atoms with van der Waals surface area (Å²) < 4.78 is 5.21. The molecule has 3 rings (SSSR count). The number of carboxylic acid groups (broad SMARTS) is 1. The summed E-state index contributed by atoms with van der Waals surface area (Å²) in [7, 11) is 0. The van der Waals surface area contributed by atoms with E-state index in [2.05, 4.69) is 27.8 Å². The topological polar surface area (TPSA) is 53.7 Å². The van der Waals surface area contributed by atoms with E-state index in [0.717, 1.165) is 31.5 Å². The minimum atomic E-state index is -0.803. The summed E-state index contributed by atoms with van der Waals surface area (Å²) in [5, 5.41) is 13.3. The van der Waals surface area contributed by atoms with Gasteiger partial charge in [0, 0.05) is 30.8 Å². The van der Waals surface area contributed by atoms with Crippen LogP contribution < -0.4 is 0 Å². The molecule has 1 N–H and O–H groups in total. The SMILES string of the molecule is O=C(O)C1=CCCN(CCC=C(c2ccoc2)c2ccsc2)C1. The molecule has 120 valence electrons. The maximum absolute atomic E-state index is 11.1. The van der Waals surface area contributed by atoms with Crippen LogP contribution in [0.5, 0.6) is 0 Å². The summed E-state index contributed by atoms with van der Waals surface area (Å²) >= 11 is 1.68. The van der Waals surface area contributed by atoms with Crippen LogP contribution in [-0.2, 0) is 4.79 Å². The highest BCUT2D eigenvalue weighted by atomic mass is 32.1. The van der Waals surface area contributed by atoms with Crippen molar-refractivity contribution in [2.75, 3.05) is 19.6 Å². The number of rotatable bonds is 6. The Morgan fingerprint density at radius 2 is 2.30 bits per heavy atom. The van der Waals surface area contributed by atoms with E-state index in [1.807, 2.05) is 12.1 Å². The first-order chi connectivity index (χ1) is 11.2. The number of thiophene rings is 1. The predicted molar refractivity (Wildman–Crippen MR) is 91.5 cm³/mol. The van der Waals surface area contributed by atoms with Crippen molar-refractivity contribution in [1.82, 2.24) is 4.90 Å². The van der Waals surface area contributed by atoms with Crippen molar-refractivity contribution in [2.45, 2.75) is 12.8 Å². The molecule has 0 radical (unpaired) electrons. The summed E-state index contributed by atoms with van der Waals surface area (Å²) in [5.74, 6) is -0.803. The van der Waals surface area contributed by atoms with Crippen molar-refractivity contribution < 1.29 is 14.3 Å². The van der Waals surface area contributed by atoms with Gasteiger partial charge in [-0.2, -0.15) is 11.3 Å². The molecule has 23 heavy (non-hydrogen) atoms. The van der Waals surface area contributed by atoms with Crippen LogP contribution in [0.1, 0.15) is 24.0 Å². The summed E-state index contributed by atoms with van der Waals surface area (Å²) in [6, 6.07) is 4.07. The van der Waals surface area contributed by atoms with Crippen molar-refractivity contribution in [3.63, 3.8) is 0 Å². The monoisotopic (exact) mass is 329 g/mol. The van der Waals surface area contributed by atoms with Gasteiger partial charge < -0.3 is 9.52 Å². The molecule has 0 aliphatic carbocycles. The van der Waals surface area contributed by atoms with Crippen molar-refractivity contribution in [2.24, 2.45) is 0 Å². The quantitative estimate of drug-likeness (QED) is 0.874. The molecule has 0 atom stereocenters. The summed E-state index contributed by atoms with van der Waals surface area (Å²) in [5.41, 5.74) is 3.95. The number of hydrogen-bond donors (Lipinski definition) is 1. The molecule has 0 saturated carbocycles. The van der Waals surface area contributed by atoms with Crippen LogP contribution in [0.15, 0.2) is 57.6 Å². The summed E-state index contributed by atoms with van der Waals surface area (Å²) in [6.07, 6.45) is 9.18. The van der Waals surface area contributed by atoms with Crippen molar-refractivity contribution in [1.29, 1.82) is 0 Å². The zero-order valence-electron chi connectivity index (χ0n) is 12.8. The number of carbonyl (C=O) groups is 1. The Morgan fingerprint density at radius 3 is 3.00 bits per heavy atom. The molecular weight excluding hydrogens is 310 g/mol. The van der Waals surface area contributed by atoms with E-state index in [4.69, 9.17) is 9.52 Å². The van der Waals surface area contributed by atoms with E-state index >= 15 is 0 Å². The molecule has 1 aliphatic heterocycles. The Labute approximate surface area is 139 Å². The average molecular weight is 329 g/mol. The largest absolute Gasteiger partial charge is 0.478 e. The molecule has 0 saturated heterocycles. The maximum atomic E-state index is 11.1. The summed E-state index contributed by atoms with van der Waals surface area (Å²) in [6.45, 7) is 2.31. The van der Waals surface area contributed by atoms with Gasteiger partial charge in [-0.3, -0.25) is 4.90 Å². The third kappa shape index (κ3) is 4.00. The Kier molecular flexibility index (Phi) is 5.10. The first-order valence-electron chi connectivity index (χ1n) is 7.64. The van der Waals surface area contributed by atoms with E-state index in [-0.39, 0.29) is 0 Å². The van der Waals surface area contributed by atoms with Crippen LogP contribution in [-0.4, -0.2) is 35.6 Å². The van der Waals surface area contributed by atoms with E-state index in [1.165, 1.54) is 11.1 Å². The predicted octanol–water partition coefficient (Wildman–Crippen LogP) is 3.88. The Bertz CT molecular complexity index is 662. The lowest BCUT2D eigenvalue weighted by Gasteiger charge is -2.25. The highest BCUT2D eigenvalue weighted by Gasteiger charge is 2.16. The second-order valence-electron chi connectivity index (χ2n) is 5.53. The Morgan fingerprint density at radius 1 is 1.39 bits per heavy atom. The van der Waals surface area contributed by atoms with Crippen molar-refractivity contribution in [3.05, 3.63) is 64.3 Å². The first-order valence-corrected chi connectivity index (χ1v) is 8.58. The molecule has 4 nitrogen and oxygen atoms in total. The van der Waals surface area contributed by atoms with Gasteiger partial charge in [-0.15, -0.1) is 0 Å². The van der Waals surface area contributed by atoms with Crippen LogP contribution >= 0.6 is 11.3 Å². The van der Waals surface area contributed by atoms with Gasteiger partial charge in [0.15, 0.2) is 0 Å². The van der Waals surface area contributed by atoms with Gasteiger partial charge in [0.1, 0.15) is 0 Å². The molecule has 5 heteroatoms. The zero-order valence-corrected chi connectivity index (χ0v) is 13.6. The molecule has 3 heterocycles. The van der Waals surface area contributed by atoms with Crippen LogP contribution in [0.4, 0.5) is 0 Å². The standard InChI is InChI=1S/C18H19NO3S/c20-18(21)14-3-1-7-19(11-14)8-2-4-17(15-5-9-22-12-15)16-6-10-23-13-16/h3-6,9-10,12-13H,1-2,7-8,11H2,(H,20,21). The van der Waals surface area contributed by atoms with E-state index < -0.39 is 5.97 Å². The van der Waals surface area contributed by atoms with Gasteiger partial charge in [-0.25, -0.2) is 4.79 Å². The summed E-state index contributed by atoms with van der Waals surface area (Å²) in [4.78, 5) is 13.3. The van der Waals surface area contributed by atoms with E-state index in [0.29, 0.717) is 12.1 Å². The van der Waals surface area contributed by atoms with Crippen molar-refractivity contribution in [3.8, 4) is 0 Å². The molecule has 0 fully saturated rings. The third-order valence-corrected chi connectivity index (χ3v) is 4.65. The van der Waals surface area contributed by atoms with Crippen molar-refractivity contribution >= 4 is 22.9 Å². The van der Waals surface area contributed by atoms with Gasteiger partial charge in [-0.05, 0) is 46.9 Å². The average Bonchev–Trinajstić information content (AvgIpc) is 3.25. The molecule has 0 unspecified atom stereocenters. The molecule has 0 spiro atoms. The second-order valence-corrected chi connectivity index (χ2v) is 6.31. The van der Waals surface area contributed by atoms with Gasteiger partial charge in [0.2, 0.25) is 0 Å². The lowest BCUT2D eigenvalue weighted by molar-refractivity contribution is -0.133. The highest BCUT2D eigenvalue weighted by Crippen LogP contribution is 2.26. The van der Waals surface area contributed by atoms with Gasteiger partial charge in [0.05, 0.1) is 12.5 Å². The van der Waals surface area contributed by atoms with Gasteiger partial charge in [-0.1, -0.05) is 12.2 Å². The number of furan rings is 1. The zero-order chi connectivity index (χ0) is 16.1. The highest BCUT2D eigenvalue weighted by molar-refractivity contribution is 7.08.